The number of hydrogen-bond donors (Lipinski definition) is 1. The molecule has 1 amide bonds. The summed E-state index contributed by atoms with van der Waals surface area (Å²) in [6.45, 7) is 5.50. The van der Waals surface area contributed by atoms with Crippen LogP contribution in [0.3, 0.4) is 0 Å². The molecule has 1 saturated heterocycles. The van der Waals surface area contributed by atoms with Gasteiger partial charge in [0.25, 0.3) is 0 Å². The molecule has 3 aliphatic rings. The van der Waals surface area contributed by atoms with Gasteiger partial charge in [0.1, 0.15) is 0 Å². The summed E-state index contributed by atoms with van der Waals surface area (Å²) < 4.78 is 0. The third-order valence-electron chi connectivity index (χ3n) is 7.62. The quantitative estimate of drug-likeness (QED) is 0.643. The van der Waals surface area contributed by atoms with Crippen LogP contribution in [0.15, 0.2) is 18.2 Å². The second kappa shape index (κ2) is 10.2. The molecule has 2 atom stereocenters. The minimum Gasteiger partial charge on any atom is -0.465 e. The molecular formula is C24H37ClN2O2. The molecule has 4 nitrogen and oxygen atoms in total. The fourth-order valence-electron chi connectivity index (χ4n) is 6.03. The number of nitrogens with zero attached hydrogens (tertiary/aromatic N) is 2. The Morgan fingerprint density at radius 2 is 1.97 bits per heavy atom. The van der Waals surface area contributed by atoms with Crippen LogP contribution in [0.4, 0.5) is 4.79 Å². The predicted molar refractivity (Wildman–Crippen MR) is 120 cm³/mol. The Kier molecular flexibility index (Phi) is 7.86. The fourth-order valence-corrected chi connectivity index (χ4v) is 6.03. The average Bonchev–Trinajstić information content (AvgIpc) is 3.14. The van der Waals surface area contributed by atoms with E-state index in [0.29, 0.717) is 25.0 Å². The fraction of sp³-hybridized carbons (Fsp3) is 0.708. The monoisotopic (exact) mass is 420 g/mol. The number of fused-ring (bicyclic) bond motifs is 3. The lowest BCUT2D eigenvalue weighted by Crippen LogP contribution is -2.37. The zero-order chi connectivity index (χ0) is 19.5. The lowest BCUT2D eigenvalue weighted by Gasteiger charge is -2.35. The van der Waals surface area contributed by atoms with Gasteiger partial charge in [-0.05, 0) is 68.3 Å². The van der Waals surface area contributed by atoms with Crippen LogP contribution in [0.2, 0.25) is 0 Å². The maximum absolute atomic E-state index is 11.5. The molecule has 1 aliphatic heterocycles. The summed E-state index contributed by atoms with van der Waals surface area (Å²) >= 11 is 0. The number of benzene rings is 1. The van der Waals surface area contributed by atoms with Gasteiger partial charge >= 0.3 is 6.09 Å². The van der Waals surface area contributed by atoms with Gasteiger partial charge in [-0.1, -0.05) is 50.3 Å². The van der Waals surface area contributed by atoms with Crippen LogP contribution in [0.25, 0.3) is 0 Å². The zero-order valence-corrected chi connectivity index (χ0v) is 18.6. The SMILES string of the molecule is CCN(Cc1cccc2c1CC[C@H]1[C@@H]2CCN1CCC1CCCCC1)C(=O)O.Cl. The number of likely N-dealkylation sites (tertiary alicyclic amines) is 1. The molecule has 5 heteroatoms. The molecular weight excluding hydrogens is 384 g/mol. The summed E-state index contributed by atoms with van der Waals surface area (Å²) in [5, 5.41) is 9.41. The molecule has 1 saturated carbocycles. The maximum atomic E-state index is 11.5. The van der Waals surface area contributed by atoms with Gasteiger partial charge < -0.3 is 10.0 Å². The molecule has 1 N–H and O–H groups in total. The first-order chi connectivity index (χ1) is 13.7. The van der Waals surface area contributed by atoms with Gasteiger partial charge in [0.05, 0.1) is 0 Å². The van der Waals surface area contributed by atoms with E-state index in [0.717, 1.165) is 12.3 Å². The Bertz CT molecular complexity index is 689. The Hall–Kier alpha value is -1.26. The van der Waals surface area contributed by atoms with E-state index in [4.69, 9.17) is 0 Å². The molecule has 0 radical (unpaired) electrons. The van der Waals surface area contributed by atoms with Crippen LogP contribution >= 0.6 is 12.4 Å². The number of halogens is 1. The molecule has 1 aromatic rings. The molecule has 2 fully saturated rings. The van der Waals surface area contributed by atoms with Crippen molar-refractivity contribution < 1.29 is 9.90 Å². The summed E-state index contributed by atoms with van der Waals surface area (Å²) in [6.07, 6.45) is 11.4. The largest absolute Gasteiger partial charge is 0.465 e. The van der Waals surface area contributed by atoms with Crippen molar-refractivity contribution in [1.82, 2.24) is 9.80 Å². The minimum absolute atomic E-state index is 0. The first kappa shape index (κ1) is 22.4. The van der Waals surface area contributed by atoms with Crippen LogP contribution in [0.1, 0.15) is 80.9 Å². The molecule has 0 bridgehead atoms. The van der Waals surface area contributed by atoms with Crippen molar-refractivity contribution in [2.45, 2.75) is 83.2 Å². The minimum atomic E-state index is -0.816. The van der Waals surface area contributed by atoms with Crippen LogP contribution in [-0.4, -0.2) is 46.7 Å². The van der Waals surface area contributed by atoms with Crippen molar-refractivity contribution in [2.24, 2.45) is 5.92 Å². The van der Waals surface area contributed by atoms with Crippen molar-refractivity contribution in [3.63, 3.8) is 0 Å². The number of amides is 1. The summed E-state index contributed by atoms with van der Waals surface area (Å²) in [6, 6.07) is 7.31. The van der Waals surface area contributed by atoms with E-state index in [1.165, 1.54) is 86.0 Å². The molecule has 29 heavy (non-hydrogen) atoms. The molecule has 0 aromatic heterocycles. The first-order valence-electron chi connectivity index (χ1n) is 11.5. The van der Waals surface area contributed by atoms with Crippen molar-refractivity contribution in [1.29, 1.82) is 0 Å². The van der Waals surface area contributed by atoms with E-state index < -0.39 is 6.09 Å². The van der Waals surface area contributed by atoms with E-state index in [2.05, 4.69) is 23.1 Å². The zero-order valence-electron chi connectivity index (χ0n) is 17.8. The van der Waals surface area contributed by atoms with E-state index in [-0.39, 0.29) is 12.4 Å². The lowest BCUT2D eigenvalue weighted by molar-refractivity contribution is 0.144. The first-order valence-corrected chi connectivity index (χ1v) is 11.5. The molecule has 0 unspecified atom stereocenters. The lowest BCUT2D eigenvalue weighted by atomic mass is 9.77. The molecule has 1 aromatic carbocycles. The van der Waals surface area contributed by atoms with Gasteiger partial charge in [-0.15, -0.1) is 12.4 Å². The maximum Gasteiger partial charge on any atom is 0.407 e. The highest BCUT2D eigenvalue weighted by Gasteiger charge is 2.39. The van der Waals surface area contributed by atoms with E-state index in [1.807, 2.05) is 6.92 Å². The van der Waals surface area contributed by atoms with Gasteiger partial charge in [-0.3, -0.25) is 4.90 Å². The Balaban J connectivity index is 0.00000240. The van der Waals surface area contributed by atoms with Gasteiger partial charge in [0.15, 0.2) is 0 Å². The highest BCUT2D eigenvalue weighted by atomic mass is 35.5. The van der Waals surface area contributed by atoms with Gasteiger partial charge in [0.2, 0.25) is 0 Å². The standard InChI is InChI=1S/C24H36N2O2.ClH/c1-2-25(24(27)28)17-19-9-6-10-21-20(19)11-12-23-22(21)14-16-26(23)15-13-18-7-4-3-5-8-18;/h6,9-10,18,22-23H,2-5,7-8,11-17H2,1H3,(H,27,28);1H/t22-,23+;/m1./s1. The number of carboxylic acid groups (broad SMARTS) is 1. The summed E-state index contributed by atoms with van der Waals surface area (Å²) in [7, 11) is 0. The molecule has 1 heterocycles. The van der Waals surface area contributed by atoms with Gasteiger partial charge in [-0.25, -0.2) is 4.79 Å². The summed E-state index contributed by atoms with van der Waals surface area (Å²) in [5.41, 5.74) is 4.17. The van der Waals surface area contributed by atoms with Crippen LogP contribution < -0.4 is 0 Å². The number of hydrogen-bond acceptors (Lipinski definition) is 2. The van der Waals surface area contributed by atoms with Gasteiger partial charge in [0, 0.05) is 25.0 Å². The van der Waals surface area contributed by atoms with Crippen LogP contribution in [0, 0.1) is 5.92 Å². The molecule has 162 valence electrons. The van der Waals surface area contributed by atoms with Crippen LogP contribution in [-0.2, 0) is 13.0 Å². The van der Waals surface area contributed by atoms with Crippen molar-refractivity contribution in [3.05, 3.63) is 34.9 Å². The summed E-state index contributed by atoms with van der Waals surface area (Å²) in [5.74, 6) is 1.61. The van der Waals surface area contributed by atoms with Crippen LogP contribution in [0.5, 0.6) is 0 Å². The second-order valence-electron chi connectivity index (χ2n) is 9.11. The third kappa shape index (κ3) is 4.91. The summed E-state index contributed by atoms with van der Waals surface area (Å²) in [4.78, 5) is 15.8. The Morgan fingerprint density at radius 1 is 1.17 bits per heavy atom. The van der Waals surface area contributed by atoms with E-state index in [1.54, 1.807) is 0 Å². The smallest absolute Gasteiger partial charge is 0.407 e. The normalized spacial score (nSPS) is 24.4. The number of carbonyl (C=O) groups is 1. The topological polar surface area (TPSA) is 43.8 Å². The molecule has 4 rings (SSSR count). The van der Waals surface area contributed by atoms with E-state index >= 15 is 0 Å². The third-order valence-corrected chi connectivity index (χ3v) is 7.62. The van der Waals surface area contributed by atoms with Gasteiger partial charge in [-0.2, -0.15) is 0 Å². The highest BCUT2D eigenvalue weighted by molar-refractivity contribution is 5.85. The molecule has 0 spiro atoms. The van der Waals surface area contributed by atoms with Crippen molar-refractivity contribution in [2.75, 3.05) is 19.6 Å². The molecule has 2 aliphatic carbocycles. The van der Waals surface area contributed by atoms with E-state index in [9.17, 15) is 9.90 Å². The highest BCUT2D eigenvalue weighted by Crippen LogP contribution is 2.43. The number of rotatable bonds is 6. The Morgan fingerprint density at radius 3 is 2.69 bits per heavy atom. The van der Waals surface area contributed by atoms with Crippen molar-refractivity contribution >= 4 is 18.5 Å². The van der Waals surface area contributed by atoms with Crippen molar-refractivity contribution in [3.8, 4) is 0 Å². The average molecular weight is 421 g/mol. The predicted octanol–water partition coefficient (Wildman–Crippen LogP) is 5.68. The second-order valence-corrected chi connectivity index (χ2v) is 9.11. The Labute approximate surface area is 182 Å².